The lowest BCUT2D eigenvalue weighted by atomic mass is 9.95. The summed E-state index contributed by atoms with van der Waals surface area (Å²) in [5.74, 6) is -0.711. The number of hydrogen-bond acceptors (Lipinski definition) is 3. The van der Waals surface area contributed by atoms with Gasteiger partial charge in [0.25, 0.3) is 0 Å². The first-order valence-corrected chi connectivity index (χ1v) is 5.22. The fourth-order valence-electron chi connectivity index (χ4n) is 1.51. The second kappa shape index (κ2) is 5.45. The van der Waals surface area contributed by atoms with Gasteiger partial charge in [-0.1, -0.05) is 30.7 Å². The summed E-state index contributed by atoms with van der Waals surface area (Å²) in [5, 5.41) is 0. The van der Waals surface area contributed by atoms with Crippen molar-refractivity contribution < 1.29 is 14.3 Å². The van der Waals surface area contributed by atoms with E-state index in [9.17, 15) is 9.59 Å². The zero-order chi connectivity index (χ0) is 12.1. The number of carbonyl (C=O) groups excluding carboxylic acids is 2. The minimum absolute atomic E-state index is 0.0194. The van der Waals surface area contributed by atoms with Crippen LogP contribution in [0.4, 0.5) is 0 Å². The van der Waals surface area contributed by atoms with Crippen molar-refractivity contribution in [2.24, 2.45) is 5.92 Å². The molecular formula is C13H16O3. The third kappa shape index (κ3) is 3.19. The van der Waals surface area contributed by atoms with Crippen LogP contribution in [-0.2, 0) is 9.53 Å². The molecule has 0 aromatic heterocycles. The summed E-state index contributed by atoms with van der Waals surface area (Å²) in [7, 11) is 1.33. The van der Waals surface area contributed by atoms with Crippen molar-refractivity contribution in [1.82, 2.24) is 0 Å². The van der Waals surface area contributed by atoms with Gasteiger partial charge in [-0.15, -0.1) is 0 Å². The Hall–Kier alpha value is -1.64. The summed E-state index contributed by atoms with van der Waals surface area (Å²) in [5.41, 5.74) is 1.69. The van der Waals surface area contributed by atoms with E-state index >= 15 is 0 Å². The molecule has 3 nitrogen and oxygen atoms in total. The Balaban J connectivity index is 2.74. The first-order valence-electron chi connectivity index (χ1n) is 5.22. The molecule has 0 amide bonds. The molecule has 1 aromatic rings. The van der Waals surface area contributed by atoms with E-state index in [0.29, 0.717) is 5.56 Å². The zero-order valence-corrected chi connectivity index (χ0v) is 9.82. The highest BCUT2D eigenvalue weighted by Crippen LogP contribution is 2.13. The van der Waals surface area contributed by atoms with E-state index in [4.69, 9.17) is 0 Å². The van der Waals surface area contributed by atoms with Crippen LogP contribution in [0.1, 0.15) is 29.3 Å². The predicted molar refractivity (Wildman–Crippen MR) is 61.3 cm³/mol. The van der Waals surface area contributed by atoms with Crippen molar-refractivity contribution >= 4 is 11.8 Å². The third-order valence-corrected chi connectivity index (χ3v) is 2.45. The van der Waals surface area contributed by atoms with E-state index in [1.807, 2.05) is 25.1 Å². The summed E-state index contributed by atoms with van der Waals surface area (Å²) in [4.78, 5) is 23.0. The maximum atomic E-state index is 11.9. The summed E-state index contributed by atoms with van der Waals surface area (Å²) in [6.45, 7) is 3.67. The van der Waals surface area contributed by atoms with E-state index in [2.05, 4.69) is 4.74 Å². The molecule has 0 bridgehead atoms. The van der Waals surface area contributed by atoms with Crippen LogP contribution in [0.25, 0.3) is 0 Å². The molecule has 0 radical (unpaired) electrons. The quantitative estimate of drug-likeness (QED) is 0.578. The molecule has 3 heteroatoms. The van der Waals surface area contributed by atoms with Gasteiger partial charge in [-0.05, 0) is 13.0 Å². The lowest BCUT2D eigenvalue weighted by molar-refractivity contribution is -0.141. The number of carbonyl (C=O) groups is 2. The number of benzene rings is 1. The van der Waals surface area contributed by atoms with Crippen LogP contribution < -0.4 is 0 Å². The number of methoxy groups -OCH3 is 1. The van der Waals surface area contributed by atoms with Gasteiger partial charge in [-0.3, -0.25) is 9.59 Å². The number of ketones is 1. The highest BCUT2D eigenvalue weighted by Gasteiger charge is 2.18. The Morgan fingerprint density at radius 3 is 2.62 bits per heavy atom. The zero-order valence-electron chi connectivity index (χ0n) is 9.82. The highest BCUT2D eigenvalue weighted by molar-refractivity contribution is 5.99. The molecule has 0 fully saturated rings. The van der Waals surface area contributed by atoms with Crippen LogP contribution in [0.15, 0.2) is 24.3 Å². The molecule has 1 atom stereocenters. The maximum absolute atomic E-state index is 11.9. The minimum atomic E-state index is -0.353. The van der Waals surface area contributed by atoms with Crippen LogP contribution in [0, 0.1) is 12.8 Å². The van der Waals surface area contributed by atoms with Crippen molar-refractivity contribution in [1.29, 1.82) is 0 Å². The average molecular weight is 220 g/mol. The Morgan fingerprint density at radius 1 is 1.38 bits per heavy atom. The summed E-state index contributed by atoms with van der Waals surface area (Å²) in [6.07, 6.45) is 0.128. The van der Waals surface area contributed by atoms with E-state index in [0.717, 1.165) is 5.56 Å². The molecule has 86 valence electrons. The van der Waals surface area contributed by atoms with Crippen molar-refractivity contribution in [3.05, 3.63) is 35.4 Å². The Kier molecular flexibility index (Phi) is 4.23. The van der Waals surface area contributed by atoms with Gasteiger partial charge in [0.15, 0.2) is 5.78 Å². The van der Waals surface area contributed by atoms with Gasteiger partial charge in [0.1, 0.15) is 0 Å². The Labute approximate surface area is 95.4 Å². The van der Waals surface area contributed by atoms with Gasteiger partial charge in [-0.25, -0.2) is 0 Å². The van der Waals surface area contributed by atoms with E-state index in [-0.39, 0.29) is 24.1 Å². The molecule has 0 aliphatic heterocycles. The van der Waals surface area contributed by atoms with Crippen LogP contribution >= 0.6 is 0 Å². The lowest BCUT2D eigenvalue weighted by Gasteiger charge is -2.09. The topological polar surface area (TPSA) is 43.4 Å². The number of rotatable bonds is 4. The van der Waals surface area contributed by atoms with Gasteiger partial charge in [0, 0.05) is 11.5 Å². The number of Topliss-reactive ketones (excluding diaryl/α,β-unsaturated/α-hetero) is 1. The second-order valence-electron chi connectivity index (χ2n) is 3.92. The van der Waals surface area contributed by atoms with Gasteiger partial charge < -0.3 is 4.74 Å². The molecule has 0 saturated carbocycles. The number of hydrogen-bond donors (Lipinski definition) is 0. The third-order valence-electron chi connectivity index (χ3n) is 2.45. The smallest absolute Gasteiger partial charge is 0.306 e. The number of esters is 1. The predicted octanol–water partition coefficient (Wildman–Crippen LogP) is 2.38. The van der Waals surface area contributed by atoms with Crippen molar-refractivity contribution in [2.75, 3.05) is 7.11 Å². The SMILES string of the molecule is COC(=O)CC(C)C(=O)c1cccc(C)c1. The molecule has 0 heterocycles. The van der Waals surface area contributed by atoms with Crippen molar-refractivity contribution in [2.45, 2.75) is 20.3 Å². The first-order chi connectivity index (χ1) is 7.54. The molecule has 0 spiro atoms. The maximum Gasteiger partial charge on any atom is 0.306 e. The van der Waals surface area contributed by atoms with Crippen LogP contribution in [0.3, 0.4) is 0 Å². The summed E-state index contributed by atoms with van der Waals surface area (Å²) in [6, 6.07) is 7.37. The molecular weight excluding hydrogens is 204 g/mol. The summed E-state index contributed by atoms with van der Waals surface area (Å²) >= 11 is 0. The largest absolute Gasteiger partial charge is 0.469 e. The number of aryl methyl sites for hydroxylation is 1. The monoisotopic (exact) mass is 220 g/mol. The van der Waals surface area contributed by atoms with Crippen molar-refractivity contribution in [3.8, 4) is 0 Å². The van der Waals surface area contributed by atoms with Gasteiger partial charge in [-0.2, -0.15) is 0 Å². The van der Waals surface area contributed by atoms with Gasteiger partial charge >= 0.3 is 5.97 Å². The van der Waals surface area contributed by atoms with Crippen molar-refractivity contribution in [3.63, 3.8) is 0 Å². The standard InChI is InChI=1S/C13H16O3/c1-9-5-4-6-11(7-9)13(15)10(2)8-12(14)16-3/h4-7,10H,8H2,1-3H3. The number of ether oxygens (including phenoxy) is 1. The van der Waals surface area contributed by atoms with Gasteiger partial charge in [0.2, 0.25) is 0 Å². The van der Waals surface area contributed by atoms with Crippen LogP contribution in [0.2, 0.25) is 0 Å². The first kappa shape index (κ1) is 12.4. The second-order valence-corrected chi connectivity index (χ2v) is 3.92. The molecule has 1 rings (SSSR count). The lowest BCUT2D eigenvalue weighted by Crippen LogP contribution is -2.16. The molecule has 0 saturated heterocycles. The molecule has 0 N–H and O–H groups in total. The highest BCUT2D eigenvalue weighted by atomic mass is 16.5. The molecule has 0 aliphatic rings. The average Bonchev–Trinajstić information content (AvgIpc) is 2.27. The fourth-order valence-corrected chi connectivity index (χ4v) is 1.51. The van der Waals surface area contributed by atoms with E-state index < -0.39 is 0 Å². The van der Waals surface area contributed by atoms with Crippen LogP contribution in [-0.4, -0.2) is 18.9 Å². The normalized spacial score (nSPS) is 11.9. The minimum Gasteiger partial charge on any atom is -0.469 e. The Morgan fingerprint density at radius 2 is 2.06 bits per heavy atom. The van der Waals surface area contributed by atoms with E-state index in [1.54, 1.807) is 13.0 Å². The fraction of sp³-hybridized carbons (Fsp3) is 0.385. The molecule has 1 aromatic carbocycles. The van der Waals surface area contributed by atoms with Gasteiger partial charge in [0.05, 0.1) is 13.5 Å². The molecule has 1 unspecified atom stereocenters. The summed E-state index contributed by atoms with van der Waals surface area (Å²) < 4.78 is 4.54. The Bertz CT molecular complexity index is 396. The van der Waals surface area contributed by atoms with E-state index in [1.165, 1.54) is 7.11 Å². The molecule has 0 aliphatic carbocycles. The van der Waals surface area contributed by atoms with Crippen LogP contribution in [0.5, 0.6) is 0 Å². The molecule has 16 heavy (non-hydrogen) atoms.